The molecule has 0 radical (unpaired) electrons. The van der Waals surface area contributed by atoms with Gasteiger partial charge in [0.2, 0.25) is 11.8 Å². The number of ether oxygens (including phenoxy) is 1. The number of anilines is 1. The average Bonchev–Trinajstić information content (AvgIpc) is 3.38. The van der Waals surface area contributed by atoms with Gasteiger partial charge < -0.3 is 10.1 Å². The first kappa shape index (κ1) is 13.3. The van der Waals surface area contributed by atoms with Crippen molar-refractivity contribution in [3.8, 4) is 17.1 Å². The van der Waals surface area contributed by atoms with Crippen molar-refractivity contribution in [2.24, 2.45) is 0 Å². The van der Waals surface area contributed by atoms with Crippen LogP contribution >= 0.6 is 0 Å². The van der Waals surface area contributed by atoms with Crippen LogP contribution in [0.2, 0.25) is 0 Å². The molecule has 0 bridgehead atoms. The van der Waals surface area contributed by atoms with E-state index in [1.807, 2.05) is 37.3 Å². The molecule has 0 saturated heterocycles. The lowest BCUT2D eigenvalue weighted by atomic mass is 9.94. The first-order valence-electron chi connectivity index (χ1n) is 7.68. The lowest BCUT2D eigenvalue weighted by Gasteiger charge is -2.13. The van der Waals surface area contributed by atoms with Crippen molar-refractivity contribution in [2.75, 3.05) is 12.4 Å². The quantitative estimate of drug-likeness (QED) is 0.919. The average molecular weight is 294 g/mol. The smallest absolute Gasteiger partial charge is 0.231 e. The topological polar surface area (TPSA) is 51.2 Å². The summed E-state index contributed by atoms with van der Waals surface area (Å²) in [4.78, 5) is 17.1. The molecule has 1 N–H and O–H groups in total. The highest BCUT2D eigenvalue weighted by Gasteiger charge is 2.32. The van der Waals surface area contributed by atoms with E-state index in [4.69, 9.17) is 9.72 Å². The van der Waals surface area contributed by atoms with Gasteiger partial charge in [-0.25, -0.2) is 4.98 Å². The molecule has 1 fully saturated rings. The minimum atomic E-state index is -0.194. The van der Waals surface area contributed by atoms with Crippen molar-refractivity contribution in [1.29, 1.82) is 0 Å². The summed E-state index contributed by atoms with van der Waals surface area (Å²) in [6.45, 7) is 1.93. The number of fused-ring (bicyclic) bond motifs is 3. The number of pyridine rings is 1. The molecule has 2 aliphatic rings. The van der Waals surface area contributed by atoms with Gasteiger partial charge in [0.1, 0.15) is 0 Å². The number of aromatic nitrogens is 1. The third-order valence-electron chi connectivity index (χ3n) is 4.56. The van der Waals surface area contributed by atoms with E-state index in [2.05, 4.69) is 5.32 Å². The van der Waals surface area contributed by atoms with Crippen molar-refractivity contribution in [2.45, 2.75) is 31.6 Å². The fourth-order valence-corrected chi connectivity index (χ4v) is 3.14. The van der Waals surface area contributed by atoms with Gasteiger partial charge in [0.05, 0.1) is 24.4 Å². The number of hydrogen-bond donors (Lipinski definition) is 1. The molecule has 1 aliphatic heterocycles. The molecule has 1 unspecified atom stereocenters. The Morgan fingerprint density at radius 1 is 1.23 bits per heavy atom. The number of methoxy groups -OCH3 is 1. The van der Waals surface area contributed by atoms with Gasteiger partial charge in [0.25, 0.3) is 0 Å². The summed E-state index contributed by atoms with van der Waals surface area (Å²) in [7, 11) is 1.66. The van der Waals surface area contributed by atoms with Gasteiger partial charge in [-0.1, -0.05) is 24.3 Å². The van der Waals surface area contributed by atoms with Crippen LogP contribution < -0.4 is 10.1 Å². The van der Waals surface area contributed by atoms with Crippen LogP contribution in [0, 0.1) is 0 Å². The zero-order chi connectivity index (χ0) is 15.3. The van der Waals surface area contributed by atoms with E-state index in [0.29, 0.717) is 11.8 Å². The van der Waals surface area contributed by atoms with Gasteiger partial charge in [-0.2, -0.15) is 0 Å². The summed E-state index contributed by atoms with van der Waals surface area (Å²) in [5.41, 5.74) is 4.71. The van der Waals surface area contributed by atoms with Crippen molar-refractivity contribution < 1.29 is 9.53 Å². The van der Waals surface area contributed by atoms with Crippen LogP contribution in [0.25, 0.3) is 11.3 Å². The fourth-order valence-electron chi connectivity index (χ4n) is 3.14. The summed E-state index contributed by atoms with van der Waals surface area (Å²) in [5, 5.41) is 3.04. The Bertz CT molecular complexity index is 766. The minimum absolute atomic E-state index is 0.0138. The van der Waals surface area contributed by atoms with Gasteiger partial charge in [-0.15, -0.1) is 0 Å². The van der Waals surface area contributed by atoms with Crippen molar-refractivity contribution in [1.82, 2.24) is 4.98 Å². The van der Waals surface area contributed by atoms with Crippen molar-refractivity contribution >= 4 is 11.6 Å². The van der Waals surface area contributed by atoms with E-state index in [1.165, 1.54) is 0 Å². The molecule has 1 aromatic heterocycles. The highest BCUT2D eigenvalue weighted by atomic mass is 16.5. The second-order valence-corrected chi connectivity index (χ2v) is 6.06. The molecule has 4 rings (SSSR count). The van der Waals surface area contributed by atoms with E-state index in [-0.39, 0.29) is 11.8 Å². The van der Waals surface area contributed by atoms with E-state index >= 15 is 0 Å². The van der Waals surface area contributed by atoms with Crippen LogP contribution in [-0.2, 0) is 4.79 Å². The molecule has 0 spiro atoms. The molecule has 2 aromatic rings. The molecular weight excluding hydrogens is 276 g/mol. The number of hydrogen-bond acceptors (Lipinski definition) is 3. The molecule has 1 saturated carbocycles. The first-order chi connectivity index (χ1) is 10.7. The number of carbonyl (C=O) groups is 1. The van der Waals surface area contributed by atoms with E-state index in [9.17, 15) is 4.79 Å². The zero-order valence-electron chi connectivity index (χ0n) is 12.7. The molecule has 1 atom stereocenters. The van der Waals surface area contributed by atoms with Crippen molar-refractivity contribution in [3.05, 3.63) is 41.5 Å². The monoisotopic (exact) mass is 294 g/mol. The third kappa shape index (κ3) is 1.98. The second-order valence-electron chi connectivity index (χ2n) is 6.06. The highest BCUT2D eigenvalue weighted by molar-refractivity contribution is 6.02. The first-order valence-corrected chi connectivity index (χ1v) is 7.68. The minimum Gasteiger partial charge on any atom is -0.481 e. The van der Waals surface area contributed by atoms with Crippen LogP contribution in [0.5, 0.6) is 5.88 Å². The number of carbonyl (C=O) groups excluding carboxylic acids is 1. The van der Waals surface area contributed by atoms with E-state index in [0.717, 1.165) is 40.9 Å². The van der Waals surface area contributed by atoms with E-state index in [1.54, 1.807) is 7.11 Å². The standard InChI is InChI=1S/C18H18N2O2/c1-10-12-5-3-4-6-13(12)16-15(19-17(10)21)9-14(11-7-8-11)18(20-16)22-2/h3-6,9-11H,7-8H2,1-2H3,(H,19,21). The number of nitrogens with zero attached hydrogens (tertiary/aromatic N) is 1. The van der Waals surface area contributed by atoms with Gasteiger partial charge in [-0.3, -0.25) is 4.79 Å². The van der Waals surface area contributed by atoms with Crippen LogP contribution in [-0.4, -0.2) is 18.0 Å². The third-order valence-corrected chi connectivity index (χ3v) is 4.56. The van der Waals surface area contributed by atoms with Crippen LogP contribution in [0.3, 0.4) is 0 Å². The lowest BCUT2D eigenvalue weighted by molar-refractivity contribution is -0.117. The summed E-state index contributed by atoms with van der Waals surface area (Å²) < 4.78 is 5.50. The Morgan fingerprint density at radius 3 is 2.73 bits per heavy atom. The summed E-state index contributed by atoms with van der Waals surface area (Å²) in [6.07, 6.45) is 2.33. The second kappa shape index (κ2) is 4.83. The van der Waals surface area contributed by atoms with Gasteiger partial charge in [0, 0.05) is 11.1 Å². The number of nitrogens with one attached hydrogen (secondary N) is 1. The Hall–Kier alpha value is -2.36. The lowest BCUT2D eigenvalue weighted by Crippen LogP contribution is -2.17. The molecule has 112 valence electrons. The molecule has 4 nitrogen and oxygen atoms in total. The largest absolute Gasteiger partial charge is 0.481 e. The summed E-state index contributed by atoms with van der Waals surface area (Å²) >= 11 is 0. The highest BCUT2D eigenvalue weighted by Crippen LogP contribution is 2.47. The Balaban J connectivity index is 1.97. The normalized spacial score (nSPS) is 19.7. The number of amides is 1. The van der Waals surface area contributed by atoms with Crippen molar-refractivity contribution in [3.63, 3.8) is 0 Å². The van der Waals surface area contributed by atoms with Gasteiger partial charge in [-0.05, 0) is 37.3 Å². The molecule has 4 heteroatoms. The predicted octanol–water partition coefficient (Wildman–Crippen LogP) is 3.69. The summed E-state index contributed by atoms with van der Waals surface area (Å²) in [5.74, 6) is 1.01. The molecule has 1 aliphatic carbocycles. The molecule has 1 aromatic carbocycles. The fraction of sp³-hybridized carbons (Fsp3) is 0.333. The number of rotatable bonds is 2. The zero-order valence-corrected chi connectivity index (χ0v) is 12.7. The van der Waals surface area contributed by atoms with Crippen LogP contribution in [0.1, 0.15) is 42.7 Å². The Kier molecular flexibility index (Phi) is 2.93. The molecule has 2 heterocycles. The van der Waals surface area contributed by atoms with Crippen LogP contribution in [0.15, 0.2) is 30.3 Å². The number of benzene rings is 1. The van der Waals surface area contributed by atoms with Crippen LogP contribution in [0.4, 0.5) is 5.69 Å². The SMILES string of the molecule is COc1nc2c(cc1C1CC1)NC(=O)C(C)c1ccccc1-2. The van der Waals surface area contributed by atoms with Gasteiger partial charge >= 0.3 is 0 Å². The van der Waals surface area contributed by atoms with E-state index < -0.39 is 0 Å². The summed E-state index contributed by atoms with van der Waals surface area (Å²) in [6, 6.07) is 10.0. The Labute approximate surface area is 129 Å². The maximum Gasteiger partial charge on any atom is 0.231 e. The maximum atomic E-state index is 12.4. The van der Waals surface area contributed by atoms with Gasteiger partial charge in [0.15, 0.2) is 0 Å². The molecule has 22 heavy (non-hydrogen) atoms. The molecule has 1 amide bonds. The molecular formula is C18H18N2O2. The Morgan fingerprint density at radius 2 is 2.00 bits per heavy atom. The maximum absolute atomic E-state index is 12.4. The predicted molar refractivity (Wildman–Crippen MR) is 85.2 cm³/mol.